The molecular weight excluding hydrogens is 259 g/mol. The van der Waals surface area contributed by atoms with Gasteiger partial charge in [-0.2, -0.15) is 5.10 Å². The molecule has 0 aliphatic heterocycles. The maximum Gasteiger partial charge on any atom is 0.246 e. The fraction of sp³-hybridized carbons (Fsp3) is 0.200. The van der Waals surface area contributed by atoms with Crippen LogP contribution in [0.3, 0.4) is 0 Å². The van der Waals surface area contributed by atoms with Crippen LogP contribution in [0.15, 0.2) is 34.7 Å². The van der Waals surface area contributed by atoms with Crippen molar-refractivity contribution >= 4 is 16.8 Å². The number of para-hydroxylation sites is 1. The lowest BCUT2D eigenvalue weighted by molar-refractivity contribution is 0.100. The number of carbonyl (C=O) groups is 1. The summed E-state index contributed by atoms with van der Waals surface area (Å²) in [6.07, 6.45) is 0. The van der Waals surface area contributed by atoms with Gasteiger partial charge < -0.3 is 4.42 Å². The number of nitrogens with zero attached hydrogens (tertiary/aromatic N) is 2. The summed E-state index contributed by atoms with van der Waals surface area (Å²) in [5.41, 5.74) is 1.32. The van der Waals surface area contributed by atoms with E-state index in [1.165, 1.54) is 6.07 Å². The highest BCUT2D eigenvalue weighted by Gasteiger charge is 2.20. The Morgan fingerprint density at radius 1 is 1.40 bits per heavy atom. The Bertz CT molecular complexity index is 801. The van der Waals surface area contributed by atoms with E-state index in [2.05, 4.69) is 5.10 Å². The van der Waals surface area contributed by atoms with Crippen molar-refractivity contribution in [1.82, 2.24) is 9.78 Å². The highest BCUT2D eigenvalue weighted by molar-refractivity contribution is 6.08. The second-order valence-corrected chi connectivity index (χ2v) is 4.58. The molecule has 0 fully saturated rings. The molecule has 3 rings (SSSR count). The van der Waals surface area contributed by atoms with Crippen LogP contribution in [-0.2, 0) is 6.54 Å². The number of carbonyl (C=O) groups excluding carboxylic acids is 1. The highest BCUT2D eigenvalue weighted by Crippen LogP contribution is 2.24. The van der Waals surface area contributed by atoms with Gasteiger partial charge in [0.1, 0.15) is 5.69 Å². The summed E-state index contributed by atoms with van der Waals surface area (Å²) in [6.45, 7) is 4.31. The standard InChI is InChI=1S/C15H13FN2O2/c1-3-18-12(7-9(2)17-18)14(19)13-8-10-5-4-6-11(16)15(10)20-13/h4-8H,3H2,1-2H3. The number of ketones is 1. The van der Waals surface area contributed by atoms with Gasteiger partial charge in [-0.25, -0.2) is 4.39 Å². The van der Waals surface area contributed by atoms with Crippen LogP contribution in [0.2, 0.25) is 0 Å². The summed E-state index contributed by atoms with van der Waals surface area (Å²) in [6, 6.07) is 7.86. The van der Waals surface area contributed by atoms with Crippen molar-refractivity contribution in [3.05, 3.63) is 53.3 Å². The van der Waals surface area contributed by atoms with Crippen molar-refractivity contribution < 1.29 is 13.6 Å². The zero-order valence-electron chi connectivity index (χ0n) is 11.2. The minimum absolute atomic E-state index is 0.107. The van der Waals surface area contributed by atoms with E-state index < -0.39 is 5.82 Å². The molecule has 0 bridgehead atoms. The first-order valence-corrected chi connectivity index (χ1v) is 6.37. The molecule has 0 saturated carbocycles. The summed E-state index contributed by atoms with van der Waals surface area (Å²) in [5.74, 6) is -0.635. The smallest absolute Gasteiger partial charge is 0.246 e. The number of aromatic nitrogens is 2. The van der Waals surface area contributed by atoms with Crippen molar-refractivity contribution in [1.29, 1.82) is 0 Å². The molecule has 0 saturated heterocycles. The average molecular weight is 272 g/mol. The first kappa shape index (κ1) is 12.6. The zero-order valence-corrected chi connectivity index (χ0v) is 11.2. The van der Waals surface area contributed by atoms with E-state index in [0.717, 1.165) is 5.69 Å². The van der Waals surface area contributed by atoms with E-state index >= 15 is 0 Å². The zero-order chi connectivity index (χ0) is 14.3. The molecule has 5 heteroatoms. The Morgan fingerprint density at radius 3 is 2.90 bits per heavy atom. The van der Waals surface area contributed by atoms with Crippen molar-refractivity contribution in [2.45, 2.75) is 20.4 Å². The average Bonchev–Trinajstić information content (AvgIpc) is 3.02. The quantitative estimate of drug-likeness (QED) is 0.687. The number of hydrogen-bond donors (Lipinski definition) is 0. The molecule has 0 unspecified atom stereocenters. The van der Waals surface area contributed by atoms with E-state index in [-0.39, 0.29) is 17.1 Å². The number of furan rings is 1. The Balaban J connectivity index is 2.10. The normalized spacial score (nSPS) is 11.2. The van der Waals surface area contributed by atoms with Gasteiger partial charge in [-0.15, -0.1) is 0 Å². The second-order valence-electron chi connectivity index (χ2n) is 4.58. The topological polar surface area (TPSA) is 48.0 Å². The third kappa shape index (κ3) is 1.91. The number of aryl methyl sites for hydroxylation is 2. The Labute approximate surface area is 114 Å². The summed E-state index contributed by atoms with van der Waals surface area (Å²) >= 11 is 0. The molecule has 0 radical (unpaired) electrons. The number of rotatable bonds is 3. The fourth-order valence-electron chi connectivity index (χ4n) is 2.23. The third-order valence-corrected chi connectivity index (χ3v) is 3.15. The minimum Gasteiger partial charge on any atom is -0.449 e. The third-order valence-electron chi connectivity index (χ3n) is 3.15. The number of benzene rings is 1. The molecule has 0 atom stereocenters. The predicted molar refractivity (Wildman–Crippen MR) is 72.2 cm³/mol. The van der Waals surface area contributed by atoms with Gasteiger partial charge in [0, 0.05) is 11.9 Å². The first-order valence-electron chi connectivity index (χ1n) is 6.37. The van der Waals surface area contributed by atoms with Gasteiger partial charge in [0.25, 0.3) is 0 Å². The van der Waals surface area contributed by atoms with E-state index in [4.69, 9.17) is 4.42 Å². The van der Waals surface area contributed by atoms with Gasteiger partial charge in [0.05, 0.1) is 5.69 Å². The van der Waals surface area contributed by atoms with Crippen molar-refractivity contribution in [3.8, 4) is 0 Å². The van der Waals surface area contributed by atoms with Gasteiger partial charge in [0.2, 0.25) is 5.78 Å². The second kappa shape index (κ2) is 4.59. The summed E-state index contributed by atoms with van der Waals surface area (Å²) in [7, 11) is 0. The Kier molecular flexibility index (Phi) is 2.89. The predicted octanol–water partition coefficient (Wildman–Crippen LogP) is 3.33. The first-order chi connectivity index (χ1) is 9.60. The van der Waals surface area contributed by atoms with Crippen LogP contribution in [0.1, 0.15) is 28.9 Å². The molecule has 3 aromatic rings. The molecule has 4 nitrogen and oxygen atoms in total. The Hall–Kier alpha value is -2.43. The van der Waals surface area contributed by atoms with Gasteiger partial charge in [-0.05, 0) is 32.0 Å². The van der Waals surface area contributed by atoms with Crippen LogP contribution < -0.4 is 0 Å². The molecule has 0 spiro atoms. The monoisotopic (exact) mass is 272 g/mol. The van der Waals surface area contributed by atoms with Gasteiger partial charge in [-0.1, -0.05) is 12.1 Å². The summed E-state index contributed by atoms with van der Waals surface area (Å²) < 4.78 is 20.6. The van der Waals surface area contributed by atoms with Crippen LogP contribution in [-0.4, -0.2) is 15.6 Å². The fourth-order valence-corrected chi connectivity index (χ4v) is 2.23. The SMILES string of the molecule is CCn1nc(C)cc1C(=O)c1cc2cccc(F)c2o1. The lowest BCUT2D eigenvalue weighted by Gasteiger charge is -2.00. The van der Waals surface area contributed by atoms with E-state index in [1.807, 2.05) is 13.8 Å². The van der Waals surface area contributed by atoms with Gasteiger partial charge >= 0.3 is 0 Å². The lowest BCUT2D eigenvalue weighted by Crippen LogP contribution is -2.09. The summed E-state index contributed by atoms with van der Waals surface area (Å²) in [4.78, 5) is 12.4. The van der Waals surface area contributed by atoms with Gasteiger partial charge in [0.15, 0.2) is 17.2 Å². The molecule has 0 aliphatic carbocycles. The molecule has 1 aromatic carbocycles. The lowest BCUT2D eigenvalue weighted by atomic mass is 10.2. The highest BCUT2D eigenvalue weighted by atomic mass is 19.1. The van der Waals surface area contributed by atoms with E-state index in [9.17, 15) is 9.18 Å². The van der Waals surface area contributed by atoms with Crippen molar-refractivity contribution in [2.75, 3.05) is 0 Å². The molecular formula is C15H13FN2O2. The molecule has 0 amide bonds. The molecule has 20 heavy (non-hydrogen) atoms. The van der Waals surface area contributed by atoms with Crippen LogP contribution >= 0.6 is 0 Å². The minimum atomic E-state index is -0.471. The van der Waals surface area contributed by atoms with Crippen LogP contribution in [0.5, 0.6) is 0 Å². The largest absolute Gasteiger partial charge is 0.449 e. The number of hydrogen-bond acceptors (Lipinski definition) is 3. The van der Waals surface area contributed by atoms with Crippen LogP contribution in [0.4, 0.5) is 4.39 Å². The maximum absolute atomic E-state index is 13.6. The molecule has 0 N–H and O–H groups in total. The van der Waals surface area contributed by atoms with Crippen molar-refractivity contribution in [3.63, 3.8) is 0 Å². The van der Waals surface area contributed by atoms with E-state index in [1.54, 1.807) is 28.9 Å². The Morgan fingerprint density at radius 2 is 2.20 bits per heavy atom. The maximum atomic E-state index is 13.6. The number of halogens is 1. The van der Waals surface area contributed by atoms with Crippen LogP contribution in [0, 0.1) is 12.7 Å². The number of fused-ring (bicyclic) bond motifs is 1. The van der Waals surface area contributed by atoms with Crippen molar-refractivity contribution in [2.24, 2.45) is 0 Å². The van der Waals surface area contributed by atoms with E-state index in [0.29, 0.717) is 17.6 Å². The molecule has 102 valence electrons. The molecule has 2 aromatic heterocycles. The summed E-state index contributed by atoms with van der Waals surface area (Å²) in [5, 5.41) is 4.80. The molecule has 0 aliphatic rings. The molecule has 2 heterocycles. The van der Waals surface area contributed by atoms with Gasteiger partial charge in [-0.3, -0.25) is 9.48 Å². The van der Waals surface area contributed by atoms with Crippen LogP contribution in [0.25, 0.3) is 11.0 Å².